The van der Waals surface area contributed by atoms with E-state index in [1.807, 2.05) is 30.0 Å². The number of aryl methyl sites for hydroxylation is 1. The monoisotopic (exact) mass is 334 g/mol. The Kier molecular flexibility index (Phi) is 3.97. The highest BCUT2D eigenvalue weighted by Crippen LogP contribution is 2.26. The summed E-state index contributed by atoms with van der Waals surface area (Å²) < 4.78 is 2.15. The summed E-state index contributed by atoms with van der Waals surface area (Å²) in [7, 11) is 0. The van der Waals surface area contributed by atoms with Gasteiger partial charge in [0.05, 0.1) is 30.5 Å². The fourth-order valence-corrected chi connectivity index (χ4v) is 3.36. The lowest BCUT2D eigenvalue weighted by Gasteiger charge is -2.34. The number of fused-ring (bicyclic) bond motifs is 1. The number of amides is 1. The zero-order valence-electron chi connectivity index (χ0n) is 13.9. The molecule has 4 rings (SSSR count). The number of nitrogens with zero attached hydrogens (tertiary/aromatic N) is 6. The molecule has 1 aromatic carbocycles. The summed E-state index contributed by atoms with van der Waals surface area (Å²) in [4.78, 5) is 14.6. The Hall–Kier alpha value is -3.09. The number of benzene rings is 1. The van der Waals surface area contributed by atoms with Crippen LogP contribution in [-0.2, 0) is 13.0 Å². The van der Waals surface area contributed by atoms with Crippen molar-refractivity contribution in [3.8, 4) is 0 Å². The predicted octanol–water partition coefficient (Wildman–Crippen LogP) is 1.82. The van der Waals surface area contributed by atoms with Crippen LogP contribution in [-0.4, -0.2) is 42.3 Å². The second-order valence-electron chi connectivity index (χ2n) is 6.19. The molecule has 126 valence electrons. The van der Waals surface area contributed by atoms with E-state index in [2.05, 4.69) is 37.1 Å². The van der Waals surface area contributed by atoms with Crippen LogP contribution in [0, 0.1) is 6.92 Å². The highest BCUT2D eigenvalue weighted by Gasteiger charge is 2.31. The van der Waals surface area contributed by atoms with Crippen LogP contribution < -0.4 is 0 Å². The van der Waals surface area contributed by atoms with Gasteiger partial charge in [-0.2, -0.15) is 10.2 Å². The molecule has 0 N–H and O–H groups in total. The standard InChI is InChI=1S/C18H18N6O/c1-13-21-22-17-12-23(18(25)15-7-8-19-20-10-15)11-16(24(13)17)9-14-5-3-2-4-6-14/h2-8,10,16H,9,11-12H2,1H3/t16-/m1/s1. The molecule has 1 amide bonds. The Bertz CT molecular complexity index is 877. The highest BCUT2D eigenvalue weighted by atomic mass is 16.2. The maximum atomic E-state index is 12.8. The molecule has 7 nitrogen and oxygen atoms in total. The van der Waals surface area contributed by atoms with Gasteiger partial charge in [0, 0.05) is 6.54 Å². The zero-order chi connectivity index (χ0) is 17.2. The van der Waals surface area contributed by atoms with Gasteiger partial charge in [-0.15, -0.1) is 10.2 Å². The number of rotatable bonds is 3. The van der Waals surface area contributed by atoms with E-state index in [0.29, 0.717) is 18.7 Å². The maximum Gasteiger partial charge on any atom is 0.256 e. The predicted molar refractivity (Wildman–Crippen MR) is 90.7 cm³/mol. The summed E-state index contributed by atoms with van der Waals surface area (Å²) in [5.74, 6) is 1.65. The molecule has 1 aliphatic rings. The third kappa shape index (κ3) is 3.00. The Morgan fingerprint density at radius 3 is 2.76 bits per heavy atom. The van der Waals surface area contributed by atoms with E-state index >= 15 is 0 Å². The molecule has 0 saturated heterocycles. The molecule has 3 aromatic rings. The molecule has 1 aliphatic heterocycles. The van der Waals surface area contributed by atoms with Gasteiger partial charge in [-0.3, -0.25) is 4.79 Å². The molecule has 0 radical (unpaired) electrons. The minimum Gasteiger partial charge on any atom is -0.329 e. The van der Waals surface area contributed by atoms with Gasteiger partial charge in [-0.25, -0.2) is 0 Å². The molecule has 2 aromatic heterocycles. The lowest BCUT2D eigenvalue weighted by molar-refractivity contribution is 0.0671. The molecule has 0 fully saturated rings. The molecule has 0 spiro atoms. The quantitative estimate of drug-likeness (QED) is 0.730. The molecular formula is C18H18N6O. The lowest BCUT2D eigenvalue weighted by atomic mass is 10.0. The maximum absolute atomic E-state index is 12.8. The van der Waals surface area contributed by atoms with Gasteiger partial charge >= 0.3 is 0 Å². The second-order valence-corrected chi connectivity index (χ2v) is 6.19. The average Bonchev–Trinajstić information content (AvgIpc) is 3.04. The van der Waals surface area contributed by atoms with Crippen molar-refractivity contribution in [2.24, 2.45) is 0 Å². The highest BCUT2D eigenvalue weighted by molar-refractivity contribution is 5.93. The summed E-state index contributed by atoms with van der Waals surface area (Å²) in [5.41, 5.74) is 1.77. The van der Waals surface area contributed by atoms with E-state index in [0.717, 1.165) is 18.1 Å². The van der Waals surface area contributed by atoms with Crippen LogP contribution in [0.1, 0.15) is 33.6 Å². The van der Waals surface area contributed by atoms with Gasteiger partial charge in [0.15, 0.2) is 5.82 Å². The van der Waals surface area contributed by atoms with E-state index in [4.69, 9.17) is 0 Å². The van der Waals surface area contributed by atoms with Crippen LogP contribution in [0.3, 0.4) is 0 Å². The molecule has 0 bridgehead atoms. The van der Waals surface area contributed by atoms with Gasteiger partial charge in [0.25, 0.3) is 5.91 Å². The number of hydrogen-bond donors (Lipinski definition) is 0. The van der Waals surface area contributed by atoms with Gasteiger partial charge in [-0.1, -0.05) is 30.3 Å². The summed E-state index contributed by atoms with van der Waals surface area (Å²) in [6.45, 7) is 3.02. The Morgan fingerprint density at radius 1 is 1.16 bits per heavy atom. The summed E-state index contributed by atoms with van der Waals surface area (Å²) >= 11 is 0. The third-order valence-corrected chi connectivity index (χ3v) is 4.50. The first-order valence-electron chi connectivity index (χ1n) is 8.22. The molecular weight excluding hydrogens is 316 g/mol. The fraction of sp³-hybridized carbons (Fsp3) is 0.278. The van der Waals surface area contributed by atoms with Crippen LogP contribution in [0.4, 0.5) is 0 Å². The summed E-state index contributed by atoms with van der Waals surface area (Å²) in [5, 5.41) is 16.0. The van der Waals surface area contributed by atoms with E-state index in [-0.39, 0.29) is 11.9 Å². The molecule has 1 atom stereocenters. The molecule has 0 aliphatic carbocycles. The first kappa shape index (κ1) is 15.4. The van der Waals surface area contributed by atoms with Crippen molar-refractivity contribution in [1.82, 2.24) is 29.9 Å². The van der Waals surface area contributed by atoms with E-state index in [1.54, 1.807) is 6.07 Å². The molecule has 25 heavy (non-hydrogen) atoms. The minimum absolute atomic E-state index is 0.0557. The molecule has 7 heteroatoms. The van der Waals surface area contributed by atoms with Crippen molar-refractivity contribution < 1.29 is 4.79 Å². The van der Waals surface area contributed by atoms with Crippen molar-refractivity contribution >= 4 is 5.91 Å². The smallest absolute Gasteiger partial charge is 0.256 e. The first-order chi connectivity index (χ1) is 12.2. The van der Waals surface area contributed by atoms with Crippen molar-refractivity contribution in [3.63, 3.8) is 0 Å². The first-order valence-corrected chi connectivity index (χ1v) is 8.22. The van der Waals surface area contributed by atoms with Crippen LogP contribution in [0.25, 0.3) is 0 Å². The minimum atomic E-state index is -0.0557. The number of aromatic nitrogens is 5. The van der Waals surface area contributed by atoms with Gasteiger partial charge < -0.3 is 9.47 Å². The van der Waals surface area contributed by atoms with E-state index in [9.17, 15) is 4.79 Å². The van der Waals surface area contributed by atoms with Crippen LogP contribution in [0.2, 0.25) is 0 Å². The number of carbonyl (C=O) groups excluding carboxylic acids is 1. The fourth-order valence-electron chi connectivity index (χ4n) is 3.36. The molecule has 0 unspecified atom stereocenters. The van der Waals surface area contributed by atoms with Gasteiger partial charge in [0.2, 0.25) is 0 Å². The van der Waals surface area contributed by atoms with Crippen molar-refractivity contribution in [2.75, 3.05) is 6.54 Å². The van der Waals surface area contributed by atoms with Crippen LogP contribution in [0.15, 0.2) is 48.8 Å². The summed E-state index contributed by atoms with van der Waals surface area (Å²) in [6.07, 6.45) is 3.86. The van der Waals surface area contributed by atoms with E-state index < -0.39 is 0 Å². The van der Waals surface area contributed by atoms with Crippen molar-refractivity contribution in [1.29, 1.82) is 0 Å². The Morgan fingerprint density at radius 2 is 2.00 bits per heavy atom. The number of hydrogen-bond acceptors (Lipinski definition) is 5. The topological polar surface area (TPSA) is 76.8 Å². The lowest BCUT2D eigenvalue weighted by Crippen LogP contribution is -2.42. The van der Waals surface area contributed by atoms with Crippen LogP contribution >= 0.6 is 0 Å². The Balaban J connectivity index is 1.64. The zero-order valence-corrected chi connectivity index (χ0v) is 13.9. The normalized spacial score (nSPS) is 16.5. The Labute approximate surface area is 145 Å². The SMILES string of the molecule is Cc1nnc2n1[C@H](Cc1ccccc1)CN(C(=O)c1ccnnc1)C2. The molecule has 3 heterocycles. The second kappa shape index (κ2) is 6.43. The number of carbonyl (C=O) groups is 1. The average molecular weight is 334 g/mol. The van der Waals surface area contributed by atoms with Crippen molar-refractivity contribution in [3.05, 3.63) is 71.6 Å². The summed E-state index contributed by atoms with van der Waals surface area (Å²) in [6, 6.07) is 12.1. The van der Waals surface area contributed by atoms with Gasteiger partial charge in [0.1, 0.15) is 5.82 Å². The van der Waals surface area contributed by atoms with E-state index in [1.165, 1.54) is 18.0 Å². The molecule has 0 saturated carbocycles. The van der Waals surface area contributed by atoms with Gasteiger partial charge in [-0.05, 0) is 25.0 Å². The third-order valence-electron chi connectivity index (χ3n) is 4.50. The largest absolute Gasteiger partial charge is 0.329 e. The van der Waals surface area contributed by atoms with Crippen molar-refractivity contribution in [2.45, 2.75) is 25.9 Å². The van der Waals surface area contributed by atoms with Crippen LogP contribution in [0.5, 0.6) is 0 Å².